The van der Waals surface area contributed by atoms with Crippen LogP contribution in [-0.2, 0) is 6.54 Å². The van der Waals surface area contributed by atoms with E-state index in [1.165, 1.54) is 12.3 Å². The van der Waals surface area contributed by atoms with Crippen LogP contribution in [0.4, 0.5) is 4.39 Å². The molecule has 0 atom stereocenters. The largest absolute Gasteiger partial charge is 0.497 e. The number of hydrogen-bond donors (Lipinski definition) is 1. The molecular formula is C15H14FN3O. The highest BCUT2D eigenvalue weighted by Gasteiger charge is 2.13. The molecule has 0 aliphatic heterocycles. The zero-order chi connectivity index (χ0) is 14.1. The molecule has 4 nitrogen and oxygen atoms in total. The van der Waals surface area contributed by atoms with Crippen LogP contribution in [0, 0.1) is 5.82 Å². The summed E-state index contributed by atoms with van der Waals surface area (Å²) in [6, 6.07) is 10.6. The van der Waals surface area contributed by atoms with Gasteiger partial charge in [0.15, 0.2) is 0 Å². The van der Waals surface area contributed by atoms with Crippen LogP contribution in [0.5, 0.6) is 5.75 Å². The summed E-state index contributed by atoms with van der Waals surface area (Å²) in [7, 11) is 1.61. The lowest BCUT2D eigenvalue weighted by Crippen LogP contribution is -2.03. The summed E-state index contributed by atoms with van der Waals surface area (Å²) in [5.74, 6) is 0.426. The molecule has 5 heteroatoms. The second-order valence-electron chi connectivity index (χ2n) is 4.42. The minimum atomic E-state index is -0.318. The van der Waals surface area contributed by atoms with E-state index in [2.05, 4.69) is 4.98 Å². The van der Waals surface area contributed by atoms with Crippen molar-refractivity contribution >= 4 is 5.65 Å². The molecule has 0 radical (unpaired) electrons. The van der Waals surface area contributed by atoms with Crippen LogP contribution in [0.1, 0.15) is 5.69 Å². The fraction of sp³-hybridized carbons (Fsp3) is 0.133. The SMILES string of the molecule is COc1cccc(-c2nc3ccc(F)cn3c2CN)c1. The fourth-order valence-electron chi connectivity index (χ4n) is 2.26. The third kappa shape index (κ3) is 2.02. The monoisotopic (exact) mass is 271 g/mol. The van der Waals surface area contributed by atoms with Gasteiger partial charge in [-0.05, 0) is 24.3 Å². The lowest BCUT2D eigenvalue weighted by molar-refractivity contribution is 0.415. The Morgan fingerprint density at radius 3 is 2.90 bits per heavy atom. The highest BCUT2D eigenvalue weighted by atomic mass is 19.1. The first kappa shape index (κ1) is 12.6. The zero-order valence-electron chi connectivity index (χ0n) is 11.0. The molecule has 0 fully saturated rings. The number of nitrogens with two attached hydrogens (primary N) is 1. The molecule has 0 aliphatic rings. The number of aromatic nitrogens is 2. The highest BCUT2D eigenvalue weighted by Crippen LogP contribution is 2.27. The molecule has 3 aromatic rings. The van der Waals surface area contributed by atoms with Gasteiger partial charge >= 0.3 is 0 Å². The molecule has 0 saturated carbocycles. The summed E-state index contributed by atoms with van der Waals surface area (Å²) in [5, 5.41) is 0. The van der Waals surface area contributed by atoms with Crippen molar-refractivity contribution in [2.24, 2.45) is 5.73 Å². The highest BCUT2D eigenvalue weighted by molar-refractivity contribution is 5.67. The average molecular weight is 271 g/mol. The van der Waals surface area contributed by atoms with Gasteiger partial charge in [0.2, 0.25) is 0 Å². The van der Waals surface area contributed by atoms with Crippen molar-refractivity contribution in [1.29, 1.82) is 0 Å². The lowest BCUT2D eigenvalue weighted by atomic mass is 10.1. The Kier molecular flexibility index (Phi) is 3.12. The lowest BCUT2D eigenvalue weighted by Gasteiger charge is -2.04. The van der Waals surface area contributed by atoms with E-state index in [4.69, 9.17) is 10.5 Å². The molecule has 102 valence electrons. The molecule has 0 saturated heterocycles. The van der Waals surface area contributed by atoms with Crippen molar-refractivity contribution in [3.63, 3.8) is 0 Å². The van der Waals surface area contributed by atoms with Gasteiger partial charge in [-0.1, -0.05) is 12.1 Å². The summed E-state index contributed by atoms with van der Waals surface area (Å²) >= 11 is 0. The number of fused-ring (bicyclic) bond motifs is 1. The zero-order valence-corrected chi connectivity index (χ0v) is 11.0. The minimum Gasteiger partial charge on any atom is -0.497 e. The molecular weight excluding hydrogens is 257 g/mol. The Bertz CT molecular complexity index is 767. The summed E-state index contributed by atoms with van der Waals surface area (Å²) in [6.45, 7) is 0.275. The van der Waals surface area contributed by atoms with Crippen molar-refractivity contribution in [1.82, 2.24) is 9.38 Å². The third-order valence-electron chi connectivity index (χ3n) is 3.22. The van der Waals surface area contributed by atoms with Crippen LogP contribution in [0.2, 0.25) is 0 Å². The second-order valence-corrected chi connectivity index (χ2v) is 4.42. The predicted octanol–water partition coefficient (Wildman–Crippen LogP) is 2.61. The summed E-state index contributed by atoms with van der Waals surface area (Å²) in [6.07, 6.45) is 1.40. The molecule has 2 heterocycles. The molecule has 2 N–H and O–H groups in total. The maximum absolute atomic E-state index is 13.4. The van der Waals surface area contributed by atoms with E-state index in [-0.39, 0.29) is 12.4 Å². The Hall–Kier alpha value is -2.40. The number of benzene rings is 1. The maximum atomic E-state index is 13.4. The fourth-order valence-corrected chi connectivity index (χ4v) is 2.26. The van der Waals surface area contributed by atoms with E-state index >= 15 is 0 Å². The number of methoxy groups -OCH3 is 1. The summed E-state index contributed by atoms with van der Waals surface area (Å²) < 4.78 is 20.3. The average Bonchev–Trinajstić information content (AvgIpc) is 2.85. The van der Waals surface area contributed by atoms with Crippen molar-refractivity contribution in [2.75, 3.05) is 7.11 Å². The van der Waals surface area contributed by atoms with Crippen LogP contribution in [0.25, 0.3) is 16.9 Å². The molecule has 1 aromatic carbocycles. The van der Waals surface area contributed by atoms with Crippen LogP contribution in [-0.4, -0.2) is 16.5 Å². The van der Waals surface area contributed by atoms with Gasteiger partial charge in [0.1, 0.15) is 17.2 Å². The van der Waals surface area contributed by atoms with Gasteiger partial charge in [0.25, 0.3) is 0 Å². The van der Waals surface area contributed by atoms with Crippen LogP contribution in [0.3, 0.4) is 0 Å². The van der Waals surface area contributed by atoms with Gasteiger partial charge in [-0.3, -0.25) is 4.40 Å². The molecule has 0 aliphatic carbocycles. The molecule has 0 unspecified atom stereocenters. The topological polar surface area (TPSA) is 52.5 Å². The van der Waals surface area contributed by atoms with Gasteiger partial charge in [-0.2, -0.15) is 0 Å². The van der Waals surface area contributed by atoms with Gasteiger partial charge < -0.3 is 10.5 Å². The second kappa shape index (κ2) is 4.94. The maximum Gasteiger partial charge on any atom is 0.139 e. The van der Waals surface area contributed by atoms with Crippen molar-refractivity contribution in [3.8, 4) is 17.0 Å². The Balaban J connectivity index is 2.24. The Morgan fingerprint density at radius 1 is 1.30 bits per heavy atom. The van der Waals surface area contributed by atoms with E-state index in [1.54, 1.807) is 17.6 Å². The third-order valence-corrected chi connectivity index (χ3v) is 3.22. The van der Waals surface area contributed by atoms with E-state index in [0.29, 0.717) is 5.65 Å². The van der Waals surface area contributed by atoms with E-state index in [1.807, 2.05) is 24.3 Å². The number of halogens is 1. The number of pyridine rings is 1. The number of nitrogens with zero attached hydrogens (tertiary/aromatic N) is 2. The van der Waals surface area contributed by atoms with Gasteiger partial charge in [0.05, 0.1) is 18.5 Å². The Labute approximate surface area is 115 Å². The first-order valence-corrected chi connectivity index (χ1v) is 6.24. The van der Waals surface area contributed by atoms with Crippen molar-refractivity contribution in [2.45, 2.75) is 6.54 Å². The summed E-state index contributed by atoms with van der Waals surface area (Å²) in [4.78, 5) is 4.53. The molecule has 0 bridgehead atoms. The van der Waals surface area contributed by atoms with Crippen molar-refractivity contribution in [3.05, 3.63) is 54.1 Å². The van der Waals surface area contributed by atoms with E-state index < -0.39 is 0 Å². The molecule has 0 spiro atoms. The van der Waals surface area contributed by atoms with Crippen LogP contribution >= 0.6 is 0 Å². The Morgan fingerprint density at radius 2 is 2.15 bits per heavy atom. The van der Waals surface area contributed by atoms with Crippen LogP contribution in [0.15, 0.2) is 42.6 Å². The van der Waals surface area contributed by atoms with Crippen LogP contribution < -0.4 is 10.5 Å². The van der Waals surface area contributed by atoms with E-state index in [0.717, 1.165) is 22.7 Å². The first-order chi connectivity index (χ1) is 9.72. The molecule has 0 amide bonds. The number of imidazole rings is 1. The van der Waals surface area contributed by atoms with Gasteiger partial charge in [-0.25, -0.2) is 9.37 Å². The molecule has 3 rings (SSSR count). The van der Waals surface area contributed by atoms with E-state index in [9.17, 15) is 4.39 Å². The molecule has 20 heavy (non-hydrogen) atoms. The first-order valence-electron chi connectivity index (χ1n) is 6.24. The van der Waals surface area contributed by atoms with Crippen molar-refractivity contribution < 1.29 is 9.13 Å². The number of hydrogen-bond acceptors (Lipinski definition) is 3. The number of rotatable bonds is 3. The van der Waals surface area contributed by atoms with Gasteiger partial charge in [-0.15, -0.1) is 0 Å². The predicted molar refractivity (Wildman–Crippen MR) is 75.0 cm³/mol. The molecule has 2 aromatic heterocycles. The number of ether oxygens (including phenoxy) is 1. The minimum absolute atomic E-state index is 0.275. The standard InChI is InChI=1S/C15H14FN3O/c1-20-12-4-2-3-10(7-12)15-13(8-17)19-9-11(16)5-6-14(19)18-15/h2-7,9H,8,17H2,1H3. The van der Waals surface area contributed by atoms with Gasteiger partial charge in [0, 0.05) is 18.3 Å². The quantitative estimate of drug-likeness (QED) is 0.796. The smallest absolute Gasteiger partial charge is 0.139 e. The normalized spacial score (nSPS) is 10.9. The summed E-state index contributed by atoms with van der Waals surface area (Å²) in [5.41, 5.74) is 8.89.